The molecular weight excluding hydrogens is 268 g/mol. The van der Waals surface area contributed by atoms with E-state index in [0.29, 0.717) is 6.54 Å². The predicted octanol–water partition coefficient (Wildman–Crippen LogP) is 1.03. The second-order valence-corrected chi connectivity index (χ2v) is 5.23. The molecule has 0 saturated carbocycles. The van der Waals surface area contributed by atoms with Gasteiger partial charge in [0.25, 0.3) is 0 Å². The minimum Gasteiger partial charge on any atom is -0.245 e. The number of rotatable bonds is 3. The number of H-pyrrole nitrogens is 1. The van der Waals surface area contributed by atoms with Gasteiger partial charge >= 0.3 is 5.69 Å². The number of hydrogen-bond donors (Lipinski definition) is 1. The van der Waals surface area contributed by atoms with E-state index in [1.165, 1.54) is 9.56 Å². The summed E-state index contributed by atoms with van der Waals surface area (Å²) in [5, 5.41) is 9.29. The highest BCUT2D eigenvalue weighted by Crippen LogP contribution is 2.22. The summed E-state index contributed by atoms with van der Waals surface area (Å²) in [6.45, 7) is 0.558. The van der Waals surface area contributed by atoms with Crippen molar-refractivity contribution in [3.63, 3.8) is 0 Å². The summed E-state index contributed by atoms with van der Waals surface area (Å²) in [4.78, 5) is 12.2. The summed E-state index contributed by atoms with van der Waals surface area (Å²) in [5.74, 6) is 0. The van der Waals surface area contributed by atoms with E-state index in [-0.39, 0.29) is 5.69 Å². The van der Waals surface area contributed by atoms with Crippen LogP contribution in [0.25, 0.3) is 0 Å². The van der Waals surface area contributed by atoms with Gasteiger partial charge in [-0.15, -0.1) is 11.3 Å². The zero-order chi connectivity index (χ0) is 9.97. The molecule has 0 aromatic carbocycles. The zero-order valence-corrected chi connectivity index (χ0v) is 9.51. The normalized spacial score (nSPS) is 10.6. The zero-order valence-electron chi connectivity index (χ0n) is 7.11. The third-order valence-electron chi connectivity index (χ3n) is 1.73. The molecule has 2 rings (SSSR count). The molecule has 5 nitrogen and oxygen atoms in total. The number of halogens is 1. The van der Waals surface area contributed by atoms with Crippen LogP contribution in [0.4, 0.5) is 0 Å². The van der Waals surface area contributed by atoms with Gasteiger partial charge in [0, 0.05) is 11.3 Å². The molecule has 0 aliphatic heterocycles. The van der Waals surface area contributed by atoms with E-state index in [4.69, 9.17) is 0 Å². The first-order chi connectivity index (χ1) is 6.75. The van der Waals surface area contributed by atoms with Crippen molar-refractivity contribution in [2.24, 2.45) is 0 Å². The number of tetrazole rings is 1. The van der Waals surface area contributed by atoms with Crippen molar-refractivity contribution in [2.75, 3.05) is 0 Å². The Labute approximate surface area is 91.9 Å². The van der Waals surface area contributed by atoms with Gasteiger partial charge in [-0.25, -0.2) is 9.89 Å². The summed E-state index contributed by atoms with van der Waals surface area (Å²) in [6, 6.07) is 4.02. The van der Waals surface area contributed by atoms with Crippen molar-refractivity contribution in [2.45, 2.75) is 13.0 Å². The van der Waals surface area contributed by atoms with Crippen LogP contribution in [0.15, 0.2) is 20.7 Å². The average Bonchev–Trinajstić information content (AvgIpc) is 2.72. The molecule has 2 aromatic rings. The number of nitrogens with one attached hydrogen (secondary N) is 1. The molecular formula is C7H7BrN4OS. The minimum atomic E-state index is -0.263. The molecule has 0 spiro atoms. The van der Waals surface area contributed by atoms with Crippen LogP contribution < -0.4 is 5.69 Å². The molecule has 1 N–H and O–H groups in total. The SMILES string of the molecule is O=c1[nH]nnn1CCc1ccc(Br)s1. The van der Waals surface area contributed by atoms with Gasteiger partial charge in [0.1, 0.15) is 0 Å². The molecule has 2 heterocycles. The fourth-order valence-electron chi connectivity index (χ4n) is 1.07. The summed E-state index contributed by atoms with van der Waals surface area (Å²) in [7, 11) is 0. The first-order valence-corrected chi connectivity index (χ1v) is 5.59. The molecule has 0 unspecified atom stereocenters. The Morgan fingerprint density at radius 1 is 1.57 bits per heavy atom. The number of nitrogens with zero attached hydrogens (tertiary/aromatic N) is 3. The van der Waals surface area contributed by atoms with Crippen LogP contribution >= 0.6 is 27.3 Å². The van der Waals surface area contributed by atoms with E-state index in [1.807, 2.05) is 12.1 Å². The van der Waals surface area contributed by atoms with Crippen LogP contribution in [-0.2, 0) is 13.0 Å². The predicted molar refractivity (Wildman–Crippen MR) is 56.4 cm³/mol. The average molecular weight is 275 g/mol. The first-order valence-electron chi connectivity index (χ1n) is 3.98. The monoisotopic (exact) mass is 274 g/mol. The van der Waals surface area contributed by atoms with Crippen molar-refractivity contribution < 1.29 is 0 Å². The van der Waals surface area contributed by atoms with Gasteiger partial charge in [-0.2, -0.15) is 4.68 Å². The molecule has 0 bridgehead atoms. The first kappa shape index (κ1) is 9.60. The van der Waals surface area contributed by atoms with Crippen molar-refractivity contribution >= 4 is 27.3 Å². The van der Waals surface area contributed by atoms with Crippen LogP contribution in [0.5, 0.6) is 0 Å². The molecule has 0 aliphatic carbocycles. The third kappa shape index (κ3) is 2.10. The van der Waals surface area contributed by atoms with Gasteiger partial charge in [-0.05, 0) is 38.5 Å². The van der Waals surface area contributed by atoms with Crippen LogP contribution in [0, 0.1) is 0 Å². The number of aromatic nitrogens is 4. The highest BCUT2D eigenvalue weighted by Gasteiger charge is 2.01. The Bertz CT molecular complexity index is 474. The topological polar surface area (TPSA) is 63.6 Å². The standard InChI is InChI=1S/C7H7BrN4OS/c8-6-2-1-5(14-6)3-4-12-7(13)9-10-11-12/h1-2H,3-4H2,(H,9,11,13). The molecule has 0 saturated heterocycles. The highest BCUT2D eigenvalue weighted by atomic mass is 79.9. The lowest BCUT2D eigenvalue weighted by Crippen LogP contribution is -2.19. The minimum absolute atomic E-state index is 0.263. The Morgan fingerprint density at radius 2 is 2.43 bits per heavy atom. The van der Waals surface area contributed by atoms with E-state index in [0.717, 1.165) is 10.2 Å². The summed E-state index contributed by atoms with van der Waals surface area (Å²) < 4.78 is 2.41. The van der Waals surface area contributed by atoms with E-state index in [9.17, 15) is 4.79 Å². The Hall–Kier alpha value is -0.950. The molecule has 74 valence electrons. The largest absolute Gasteiger partial charge is 0.361 e. The van der Waals surface area contributed by atoms with Crippen LogP contribution in [0.3, 0.4) is 0 Å². The molecule has 14 heavy (non-hydrogen) atoms. The molecule has 0 amide bonds. The summed E-state index contributed by atoms with van der Waals surface area (Å²) >= 11 is 5.04. The fraction of sp³-hybridized carbons (Fsp3) is 0.286. The smallest absolute Gasteiger partial charge is 0.245 e. The molecule has 0 radical (unpaired) electrons. The molecule has 2 aromatic heterocycles. The fourth-order valence-corrected chi connectivity index (χ4v) is 2.54. The van der Waals surface area contributed by atoms with Crippen LogP contribution in [-0.4, -0.2) is 20.2 Å². The number of aromatic amines is 1. The van der Waals surface area contributed by atoms with Gasteiger partial charge in [0.2, 0.25) is 0 Å². The van der Waals surface area contributed by atoms with E-state index in [1.54, 1.807) is 11.3 Å². The van der Waals surface area contributed by atoms with Crippen LogP contribution in [0.2, 0.25) is 0 Å². The van der Waals surface area contributed by atoms with Gasteiger partial charge < -0.3 is 0 Å². The van der Waals surface area contributed by atoms with E-state index >= 15 is 0 Å². The summed E-state index contributed by atoms with van der Waals surface area (Å²) in [5.41, 5.74) is -0.263. The number of thiophene rings is 1. The lowest BCUT2D eigenvalue weighted by atomic mass is 10.3. The van der Waals surface area contributed by atoms with Crippen molar-refractivity contribution in [1.82, 2.24) is 20.2 Å². The summed E-state index contributed by atoms with van der Waals surface area (Å²) in [6.07, 6.45) is 0.794. The van der Waals surface area contributed by atoms with Gasteiger partial charge in [0.05, 0.1) is 10.3 Å². The van der Waals surface area contributed by atoms with Crippen molar-refractivity contribution in [3.05, 3.63) is 31.3 Å². The lowest BCUT2D eigenvalue weighted by molar-refractivity contribution is 0.576. The molecule has 0 atom stereocenters. The third-order valence-corrected chi connectivity index (χ3v) is 3.42. The molecule has 0 aliphatic rings. The second-order valence-electron chi connectivity index (χ2n) is 2.69. The number of aryl methyl sites for hydroxylation is 2. The van der Waals surface area contributed by atoms with E-state index in [2.05, 4.69) is 31.5 Å². The second kappa shape index (κ2) is 4.05. The maximum absolute atomic E-state index is 11.0. The lowest BCUT2D eigenvalue weighted by Gasteiger charge is -1.94. The molecule has 7 heteroatoms. The van der Waals surface area contributed by atoms with Crippen LogP contribution in [0.1, 0.15) is 4.88 Å². The maximum Gasteiger partial charge on any atom is 0.361 e. The van der Waals surface area contributed by atoms with Gasteiger partial charge in [-0.3, -0.25) is 0 Å². The number of hydrogen-bond acceptors (Lipinski definition) is 4. The van der Waals surface area contributed by atoms with Crippen molar-refractivity contribution in [1.29, 1.82) is 0 Å². The van der Waals surface area contributed by atoms with E-state index < -0.39 is 0 Å². The van der Waals surface area contributed by atoms with Gasteiger partial charge in [-0.1, -0.05) is 0 Å². The van der Waals surface area contributed by atoms with Crippen molar-refractivity contribution in [3.8, 4) is 0 Å². The Kier molecular flexibility index (Phi) is 2.78. The Morgan fingerprint density at radius 3 is 3.00 bits per heavy atom. The highest BCUT2D eigenvalue weighted by molar-refractivity contribution is 9.11. The Balaban J connectivity index is 2.01. The molecule has 0 fully saturated rings. The maximum atomic E-state index is 11.0. The quantitative estimate of drug-likeness (QED) is 0.910. The van der Waals surface area contributed by atoms with Gasteiger partial charge in [0.15, 0.2) is 0 Å².